The molecule has 0 atom stereocenters. The minimum Gasteiger partial charge on any atom is -0.494 e. The molecule has 0 radical (unpaired) electrons. The van der Waals surface area contributed by atoms with Crippen molar-refractivity contribution in [3.63, 3.8) is 0 Å². The summed E-state index contributed by atoms with van der Waals surface area (Å²) in [6, 6.07) is 4.84. The van der Waals surface area contributed by atoms with Crippen molar-refractivity contribution in [1.29, 1.82) is 5.26 Å². The Balaban J connectivity index is 3.02. The first-order valence-electron chi connectivity index (χ1n) is 5.87. The van der Waals surface area contributed by atoms with E-state index in [2.05, 4.69) is 6.07 Å². The molecule has 6 heteroatoms. The first-order valence-corrected chi connectivity index (χ1v) is 5.87. The van der Waals surface area contributed by atoms with Crippen LogP contribution in [0.15, 0.2) is 12.1 Å². The van der Waals surface area contributed by atoms with Crippen molar-refractivity contribution in [2.45, 2.75) is 6.42 Å². The molecule has 0 saturated carbocycles. The topological polar surface area (TPSA) is 71.5 Å². The van der Waals surface area contributed by atoms with Crippen LogP contribution < -0.4 is 15.4 Å². The third kappa shape index (κ3) is 4.00. The molecule has 1 rings (SSSR count). The molecular weight excluding hydrogens is 249 g/mol. The summed E-state index contributed by atoms with van der Waals surface area (Å²) in [5.74, 6) is -0.376. The number of ether oxygens (including phenoxy) is 2. The SMILES string of the molecule is COCCN(CCC#N)c1cc(OC)c(F)cc1N. The number of hydrogen-bond acceptors (Lipinski definition) is 5. The number of methoxy groups -OCH3 is 2. The minimum absolute atomic E-state index is 0.128. The number of nitrogens with zero attached hydrogens (tertiary/aromatic N) is 2. The lowest BCUT2D eigenvalue weighted by Crippen LogP contribution is -2.29. The fraction of sp³-hybridized carbons (Fsp3) is 0.462. The summed E-state index contributed by atoms with van der Waals surface area (Å²) in [4.78, 5) is 1.88. The van der Waals surface area contributed by atoms with Gasteiger partial charge in [-0.05, 0) is 0 Å². The van der Waals surface area contributed by atoms with Gasteiger partial charge < -0.3 is 20.1 Å². The molecule has 0 aromatic heterocycles. The largest absolute Gasteiger partial charge is 0.494 e. The normalized spacial score (nSPS) is 10.0. The second kappa shape index (κ2) is 7.44. The first-order chi connectivity index (χ1) is 9.13. The van der Waals surface area contributed by atoms with Crippen LogP contribution >= 0.6 is 0 Å². The molecule has 2 N–H and O–H groups in total. The van der Waals surface area contributed by atoms with E-state index in [9.17, 15) is 4.39 Å². The van der Waals surface area contributed by atoms with Gasteiger partial charge in [0.25, 0.3) is 0 Å². The van der Waals surface area contributed by atoms with Crippen LogP contribution in [0.25, 0.3) is 0 Å². The number of nitrogen functional groups attached to an aromatic ring is 1. The lowest BCUT2D eigenvalue weighted by molar-refractivity contribution is 0.205. The Morgan fingerprint density at radius 1 is 1.37 bits per heavy atom. The van der Waals surface area contributed by atoms with Gasteiger partial charge in [0.15, 0.2) is 11.6 Å². The van der Waals surface area contributed by atoms with Gasteiger partial charge in [-0.3, -0.25) is 0 Å². The zero-order valence-electron chi connectivity index (χ0n) is 11.1. The van der Waals surface area contributed by atoms with Gasteiger partial charge in [-0.1, -0.05) is 0 Å². The van der Waals surface area contributed by atoms with Gasteiger partial charge in [-0.2, -0.15) is 5.26 Å². The zero-order valence-corrected chi connectivity index (χ0v) is 11.1. The second-order valence-electron chi connectivity index (χ2n) is 3.93. The maximum Gasteiger partial charge on any atom is 0.167 e. The Kier molecular flexibility index (Phi) is 5.90. The van der Waals surface area contributed by atoms with Gasteiger partial charge in [0, 0.05) is 32.3 Å². The van der Waals surface area contributed by atoms with Crippen LogP contribution in [-0.2, 0) is 4.74 Å². The number of hydrogen-bond donors (Lipinski definition) is 1. The van der Waals surface area contributed by atoms with E-state index in [1.807, 2.05) is 4.90 Å². The summed E-state index contributed by atoms with van der Waals surface area (Å²) >= 11 is 0. The number of rotatable bonds is 7. The van der Waals surface area contributed by atoms with E-state index in [1.54, 1.807) is 7.11 Å². The predicted octanol–water partition coefficient (Wildman–Crippen LogP) is 1.78. The summed E-state index contributed by atoms with van der Waals surface area (Å²) in [5, 5.41) is 8.68. The molecule has 0 bridgehead atoms. The number of nitrogens with two attached hydrogens (primary N) is 1. The Labute approximate surface area is 112 Å². The maximum absolute atomic E-state index is 13.5. The summed E-state index contributed by atoms with van der Waals surface area (Å²) in [6.45, 7) is 1.56. The summed E-state index contributed by atoms with van der Waals surface area (Å²) in [6.07, 6.45) is 0.350. The lowest BCUT2D eigenvalue weighted by Gasteiger charge is -2.25. The Morgan fingerprint density at radius 3 is 2.68 bits per heavy atom. The van der Waals surface area contributed by atoms with Crippen molar-refractivity contribution < 1.29 is 13.9 Å². The molecule has 0 spiro atoms. The fourth-order valence-electron chi connectivity index (χ4n) is 1.73. The molecule has 1 aromatic rings. The molecule has 0 aliphatic rings. The van der Waals surface area contributed by atoms with E-state index in [0.29, 0.717) is 37.5 Å². The van der Waals surface area contributed by atoms with Crippen LogP contribution in [0, 0.1) is 17.1 Å². The zero-order chi connectivity index (χ0) is 14.3. The molecule has 19 heavy (non-hydrogen) atoms. The molecular formula is C13H18FN3O2. The molecule has 1 aromatic carbocycles. The monoisotopic (exact) mass is 267 g/mol. The van der Waals surface area contributed by atoms with Crippen molar-refractivity contribution in [2.75, 3.05) is 44.5 Å². The Bertz CT molecular complexity index is 460. The van der Waals surface area contributed by atoms with Crippen molar-refractivity contribution in [2.24, 2.45) is 0 Å². The predicted molar refractivity (Wildman–Crippen MR) is 71.7 cm³/mol. The smallest absolute Gasteiger partial charge is 0.167 e. The average Bonchev–Trinajstić information content (AvgIpc) is 2.40. The van der Waals surface area contributed by atoms with E-state index in [1.165, 1.54) is 19.2 Å². The molecule has 0 heterocycles. The van der Waals surface area contributed by atoms with Gasteiger partial charge >= 0.3 is 0 Å². The quantitative estimate of drug-likeness (QED) is 0.762. The molecule has 0 amide bonds. The van der Waals surface area contributed by atoms with Gasteiger partial charge in [0.1, 0.15) is 0 Å². The van der Waals surface area contributed by atoms with Crippen LogP contribution in [0.3, 0.4) is 0 Å². The fourth-order valence-corrected chi connectivity index (χ4v) is 1.73. The number of halogens is 1. The van der Waals surface area contributed by atoms with Crippen molar-refractivity contribution in [3.8, 4) is 11.8 Å². The van der Waals surface area contributed by atoms with Crippen molar-refractivity contribution in [3.05, 3.63) is 17.9 Å². The van der Waals surface area contributed by atoms with Gasteiger partial charge in [0.2, 0.25) is 0 Å². The van der Waals surface area contributed by atoms with Crippen LogP contribution in [0.4, 0.5) is 15.8 Å². The van der Waals surface area contributed by atoms with Crippen molar-refractivity contribution in [1.82, 2.24) is 0 Å². The highest BCUT2D eigenvalue weighted by Crippen LogP contribution is 2.31. The molecule has 0 aliphatic carbocycles. The first kappa shape index (κ1) is 15.1. The van der Waals surface area contributed by atoms with E-state index in [-0.39, 0.29) is 5.75 Å². The molecule has 0 unspecified atom stereocenters. The van der Waals surface area contributed by atoms with Crippen molar-refractivity contribution >= 4 is 11.4 Å². The molecule has 0 fully saturated rings. The third-order valence-corrected chi connectivity index (χ3v) is 2.70. The van der Waals surface area contributed by atoms with Crippen LogP contribution in [0.1, 0.15) is 6.42 Å². The van der Waals surface area contributed by atoms with Gasteiger partial charge in [-0.15, -0.1) is 0 Å². The van der Waals surface area contributed by atoms with Gasteiger partial charge in [-0.25, -0.2) is 4.39 Å². The number of anilines is 2. The van der Waals surface area contributed by atoms with E-state index in [0.717, 1.165) is 0 Å². The van der Waals surface area contributed by atoms with E-state index < -0.39 is 5.82 Å². The van der Waals surface area contributed by atoms with Crippen LogP contribution in [0.5, 0.6) is 5.75 Å². The molecule has 104 valence electrons. The minimum atomic E-state index is -0.504. The van der Waals surface area contributed by atoms with Gasteiger partial charge in [0.05, 0.1) is 37.6 Å². The highest BCUT2D eigenvalue weighted by molar-refractivity contribution is 5.70. The maximum atomic E-state index is 13.5. The van der Waals surface area contributed by atoms with E-state index >= 15 is 0 Å². The molecule has 0 saturated heterocycles. The number of benzene rings is 1. The summed E-state index contributed by atoms with van der Waals surface area (Å²) < 4.78 is 23.5. The Morgan fingerprint density at radius 2 is 2.11 bits per heavy atom. The average molecular weight is 267 g/mol. The third-order valence-electron chi connectivity index (χ3n) is 2.70. The highest BCUT2D eigenvalue weighted by Gasteiger charge is 2.14. The molecule has 5 nitrogen and oxygen atoms in total. The lowest BCUT2D eigenvalue weighted by atomic mass is 10.2. The molecule has 0 aliphatic heterocycles. The van der Waals surface area contributed by atoms with E-state index in [4.69, 9.17) is 20.5 Å². The number of nitriles is 1. The highest BCUT2D eigenvalue weighted by atomic mass is 19.1. The van der Waals surface area contributed by atoms with Crippen LogP contribution in [0.2, 0.25) is 0 Å². The summed E-state index contributed by atoms with van der Waals surface area (Å²) in [7, 11) is 2.99. The Hall–Kier alpha value is -2.00. The van der Waals surface area contributed by atoms with Crippen LogP contribution in [-0.4, -0.2) is 33.9 Å². The summed E-state index contributed by atoms with van der Waals surface area (Å²) in [5.41, 5.74) is 6.78. The standard InChI is InChI=1S/C13H18FN3O2/c1-18-7-6-17(5-3-4-15)12-9-13(19-2)10(14)8-11(12)16/h8-9H,3,5-7,16H2,1-2H3. The second-order valence-corrected chi connectivity index (χ2v) is 3.93.